The van der Waals surface area contributed by atoms with Crippen LogP contribution in [0.15, 0.2) is 24.3 Å². The smallest absolute Gasteiger partial charge is 0.317 e. The summed E-state index contributed by atoms with van der Waals surface area (Å²) in [6.45, 7) is 6.54. The maximum Gasteiger partial charge on any atom is 0.317 e. The Bertz CT molecular complexity index is 643. The molecule has 148 valence electrons. The van der Waals surface area contributed by atoms with E-state index >= 15 is 0 Å². The number of primary amides is 1. The van der Waals surface area contributed by atoms with Gasteiger partial charge in [-0.2, -0.15) is 0 Å². The molecule has 2 fully saturated rings. The number of rotatable bonds is 7. The summed E-state index contributed by atoms with van der Waals surface area (Å²) in [6, 6.07) is 7.93. The first-order valence-corrected chi connectivity index (χ1v) is 9.79. The van der Waals surface area contributed by atoms with Gasteiger partial charge in [0, 0.05) is 13.1 Å². The number of hydrogen-bond donors (Lipinski definition) is 2. The van der Waals surface area contributed by atoms with Crippen molar-refractivity contribution in [2.75, 3.05) is 39.3 Å². The van der Waals surface area contributed by atoms with Crippen molar-refractivity contribution in [1.82, 2.24) is 15.1 Å². The monoisotopic (exact) mass is 374 g/mol. The maximum atomic E-state index is 12.1. The molecule has 1 aromatic carbocycles. The van der Waals surface area contributed by atoms with Crippen molar-refractivity contribution >= 4 is 11.9 Å². The van der Waals surface area contributed by atoms with Crippen molar-refractivity contribution in [3.63, 3.8) is 0 Å². The molecule has 2 aliphatic rings. The average Bonchev–Trinajstić information content (AvgIpc) is 2.63. The molecule has 7 heteroatoms. The quantitative estimate of drug-likeness (QED) is 0.706. The van der Waals surface area contributed by atoms with E-state index in [1.807, 2.05) is 31.2 Å². The zero-order chi connectivity index (χ0) is 19.2. The Hall–Kier alpha value is -2.28. The fraction of sp³-hybridized carbons (Fsp3) is 0.600. The average molecular weight is 374 g/mol. The Morgan fingerprint density at radius 1 is 1.22 bits per heavy atom. The molecule has 1 atom stereocenters. The lowest BCUT2D eigenvalue weighted by molar-refractivity contribution is -0.123. The van der Waals surface area contributed by atoms with E-state index in [2.05, 4.69) is 10.2 Å². The van der Waals surface area contributed by atoms with Crippen LogP contribution in [0.4, 0.5) is 4.79 Å². The van der Waals surface area contributed by atoms with Crippen molar-refractivity contribution in [3.8, 4) is 5.75 Å². The summed E-state index contributed by atoms with van der Waals surface area (Å²) in [5.41, 5.74) is 6.61. The van der Waals surface area contributed by atoms with Gasteiger partial charge in [-0.15, -0.1) is 0 Å². The van der Waals surface area contributed by atoms with E-state index in [4.69, 9.17) is 10.5 Å². The SMILES string of the molecule is Cc1ccc(OC2CN(C(=O)NCCCN3CCC[C@H](C(N)=O)C3)C2)cc1. The van der Waals surface area contributed by atoms with Crippen molar-refractivity contribution < 1.29 is 14.3 Å². The number of amides is 3. The molecule has 2 heterocycles. The molecule has 0 aromatic heterocycles. The van der Waals surface area contributed by atoms with Gasteiger partial charge in [0.15, 0.2) is 0 Å². The summed E-state index contributed by atoms with van der Waals surface area (Å²) in [4.78, 5) is 27.5. The normalized spacial score (nSPS) is 20.8. The minimum atomic E-state index is -0.201. The van der Waals surface area contributed by atoms with Crippen molar-refractivity contribution in [3.05, 3.63) is 29.8 Å². The maximum absolute atomic E-state index is 12.1. The van der Waals surface area contributed by atoms with Crippen LogP contribution >= 0.6 is 0 Å². The highest BCUT2D eigenvalue weighted by Crippen LogP contribution is 2.19. The second-order valence-corrected chi connectivity index (χ2v) is 7.59. The van der Waals surface area contributed by atoms with Gasteiger partial charge in [0.25, 0.3) is 0 Å². The number of aryl methyl sites for hydroxylation is 1. The minimum Gasteiger partial charge on any atom is -0.487 e. The molecular weight excluding hydrogens is 344 g/mol. The molecule has 0 aliphatic carbocycles. The van der Waals surface area contributed by atoms with E-state index in [0.29, 0.717) is 19.6 Å². The Kier molecular flexibility index (Phi) is 6.55. The number of ether oxygens (including phenoxy) is 1. The predicted molar refractivity (Wildman–Crippen MR) is 104 cm³/mol. The molecule has 3 amide bonds. The Balaban J connectivity index is 1.27. The zero-order valence-electron chi connectivity index (χ0n) is 16.0. The lowest BCUT2D eigenvalue weighted by Crippen LogP contribution is -2.59. The van der Waals surface area contributed by atoms with Gasteiger partial charge in [0.05, 0.1) is 19.0 Å². The highest BCUT2D eigenvalue weighted by Gasteiger charge is 2.32. The van der Waals surface area contributed by atoms with Gasteiger partial charge < -0.3 is 25.6 Å². The van der Waals surface area contributed by atoms with Crippen molar-refractivity contribution in [2.24, 2.45) is 11.7 Å². The van der Waals surface area contributed by atoms with E-state index in [1.165, 1.54) is 5.56 Å². The summed E-state index contributed by atoms with van der Waals surface area (Å²) >= 11 is 0. The zero-order valence-corrected chi connectivity index (χ0v) is 16.0. The molecule has 0 unspecified atom stereocenters. The third-order valence-corrected chi connectivity index (χ3v) is 5.29. The number of carbonyl (C=O) groups excluding carboxylic acids is 2. The molecule has 1 aromatic rings. The van der Waals surface area contributed by atoms with Crippen LogP contribution in [0.1, 0.15) is 24.8 Å². The van der Waals surface area contributed by atoms with Gasteiger partial charge in [-0.1, -0.05) is 17.7 Å². The number of carbonyl (C=O) groups is 2. The highest BCUT2D eigenvalue weighted by molar-refractivity contribution is 5.77. The molecule has 3 rings (SSSR count). The molecule has 0 saturated carbocycles. The number of nitrogens with two attached hydrogens (primary N) is 1. The van der Waals surface area contributed by atoms with Gasteiger partial charge in [0.2, 0.25) is 5.91 Å². The number of likely N-dealkylation sites (tertiary alicyclic amines) is 2. The third kappa shape index (κ3) is 5.60. The van der Waals surface area contributed by atoms with E-state index in [0.717, 1.165) is 44.6 Å². The molecule has 7 nitrogen and oxygen atoms in total. The Labute approximate surface area is 160 Å². The predicted octanol–water partition coefficient (Wildman–Crippen LogP) is 1.36. The van der Waals surface area contributed by atoms with E-state index < -0.39 is 0 Å². The first-order valence-electron chi connectivity index (χ1n) is 9.79. The summed E-state index contributed by atoms with van der Waals surface area (Å²) in [6.07, 6.45) is 2.84. The van der Waals surface area contributed by atoms with Crippen molar-refractivity contribution in [1.29, 1.82) is 0 Å². The van der Waals surface area contributed by atoms with Crippen molar-refractivity contribution in [2.45, 2.75) is 32.3 Å². The van der Waals surface area contributed by atoms with E-state index in [-0.39, 0.29) is 24.0 Å². The molecular formula is C20H30N4O3. The molecule has 2 saturated heterocycles. The Morgan fingerprint density at radius 3 is 2.67 bits per heavy atom. The second kappa shape index (κ2) is 9.08. The fourth-order valence-electron chi connectivity index (χ4n) is 3.59. The fourth-order valence-corrected chi connectivity index (χ4v) is 3.59. The third-order valence-electron chi connectivity index (χ3n) is 5.29. The summed E-state index contributed by atoms with van der Waals surface area (Å²) in [7, 11) is 0. The number of nitrogens with zero attached hydrogens (tertiary/aromatic N) is 2. The van der Waals surface area contributed by atoms with Crippen LogP contribution in [0.25, 0.3) is 0 Å². The molecule has 3 N–H and O–H groups in total. The lowest BCUT2D eigenvalue weighted by Gasteiger charge is -2.38. The molecule has 27 heavy (non-hydrogen) atoms. The van der Waals surface area contributed by atoms with Crippen LogP contribution in [0, 0.1) is 12.8 Å². The van der Waals surface area contributed by atoms with Crippen LogP contribution in [0.3, 0.4) is 0 Å². The first kappa shape index (κ1) is 19.5. The largest absolute Gasteiger partial charge is 0.487 e. The first-order chi connectivity index (χ1) is 13.0. The van der Waals surface area contributed by atoms with Crippen LogP contribution in [0.5, 0.6) is 5.75 Å². The number of hydrogen-bond acceptors (Lipinski definition) is 4. The van der Waals surface area contributed by atoms with Gasteiger partial charge in [-0.3, -0.25) is 4.79 Å². The van der Waals surface area contributed by atoms with Crippen LogP contribution in [0.2, 0.25) is 0 Å². The van der Waals surface area contributed by atoms with Gasteiger partial charge in [0.1, 0.15) is 11.9 Å². The number of benzene rings is 1. The van der Waals surface area contributed by atoms with Crippen LogP contribution < -0.4 is 15.8 Å². The topological polar surface area (TPSA) is 87.9 Å². The molecule has 0 bridgehead atoms. The summed E-state index contributed by atoms with van der Waals surface area (Å²) in [5.74, 6) is 0.620. The summed E-state index contributed by atoms with van der Waals surface area (Å²) < 4.78 is 5.85. The number of nitrogens with one attached hydrogen (secondary N) is 1. The van der Waals surface area contributed by atoms with Gasteiger partial charge in [-0.25, -0.2) is 4.79 Å². The second-order valence-electron chi connectivity index (χ2n) is 7.59. The van der Waals surface area contributed by atoms with Crippen LogP contribution in [-0.2, 0) is 4.79 Å². The number of urea groups is 1. The standard InChI is InChI=1S/C20H30N4O3/c1-15-5-7-17(8-6-15)27-18-13-24(14-18)20(26)22-9-3-11-23-10-2-4-16(12-23)19(21)25/h5-8,16,18H,2-4,9-14H2,1H3,(H2,21,25)(H,22,26)/t16-/m0/s1. The number of piperidine rings is 1. The Morgan fingerprint density at radius 2 is 1.96 bits per heavy atom. The molecule has 0 spiro atoms. The molecule has 2 aliphatic heterocycles. The van der Waals surface area contributed by atoms with Crippen LogP contribution in [-0.4, -0.2) is 67.1 Å². The minimum absolute atomic E-state index is 0.0279. The van der Waals surface area contributed by atoms with E-state index in [9.17, 15) is 9.59 Å². The van der Waals surface area contributed by atoms with E-state index in [1.54, 1.807) is 4.90 Å². The highest BCUT2D eigenvalue weighted by atomic mass is 16.5. The molecule has 0 radical (unpaired) electrons. The summed E-state index contributed by atoms with van der Waals surface area (Å²) in [5, 5.41) is 2.96. The van der Waals surface area contributed by atoms with Gasteiger partial charge >= 0.3 is 6.03 Å². The van der Waals surface area contributed by atoms with Gasteiger partial charge in [-0.05, 0) is 51.4 Å². The lowest BCUT2D eigenvalue weighted by atomic mass is 9.97.